The fourth-order valence-corrected chi connectivity index (χ4v) is 3.56. The molecule has 14 heteroatoms. The van der Waals surface area contributed by atoms with Gasteiger partial charge in [0, 0.05) is 10.6 Å². The summed E-state index contributed by atoms with van der Waals surface area (Å²) in [5.74, 6) is -0.651. The maximum atomic E-state index is 13.7. The van der Waals surface area contributed by atoms with Crippen LogP contribution in [0.4, 0.5) is 17.6 Å². The van der Waals surface area contributed by atoms with Crippen molar-refractivity contribution >= 4 is 11.6 Å². The van der Waals surface area contributed by atoms with Crippen molar-refractivity contribution in [3.8, 4) is 17.1 Å². The Morgan fingerprint density at radius 1 is 1.08 bits per heavy atom. The van der Waals surface area contributed by atoms with E-state index in [0.717, 1.165) is 4.68 Å². The summed E-state index contributed by atoms with van der Waals surface area (Å²) < 4.78 is 55.6. The largest absolute Gasteiger partial charge is 0.416 e. The highest BCUT2D eigenvalue weighted by atomic mass is 35.5. The first-order valence-electron chi connectivity index (χ1n) is 10.5. The fourth-order valence-electron chi connectivity index (χ4n) is 3.44. The normalized spacial score (nSPS) is 13.7. The fraction of sp³-hybridized carbons (Fsp3) is 0.273. The van der Waals surface area contributed by atoms with Crippen molar-refractivity contribution in [1.29, 1.82) is 0 Å². The van der Waals surface area contributed by atoms with E-state index in [1.54, 1.807) is 0 Å². The van der Waals surface area contributed by atoms with Crippen LogP contribution in [0.2, 0.25) is 5.02 Å². The molecule has 0 aliphatic rings. The Bertz CT molecular complexity index is 1430. The molecule has 4 rings (SSSR count). The summed E-state index contributed by atoms with van der Waals surface area (Å²) in [7, 11) is 0. The van der Waals surface area contributed by atoms with Crippen LogP contribution in [-0.2, 0) is 13.1 Å². The highest BCUT2D eigenvalue weighted by Gasteiger charge is 2.39. The van der Waals surface area contributed by atoms with Crippen LogP contribution in [0, 0.1) is 5.82 Å². The topological polar surface area (TPSA) is 111 Å². The molecule has 0 spiro atoms. The van der Waals surface area contributed by atoms with Crippen molar-refractivity contribution in [3.63, 3.8) is 0 Å². The highest BCUT2D eigenvalue weighted by molar-refractivity contribution is 6.30. The molecule has 190 valence electrons. The quantitative estimate of drug-likeness (QED) is 0.358. The van der Waals surface area contributed by atoms with Gasteiger partial charge < -0.3 is 10.2 Å². The third kappa shape index (κ3) is 5.32. The molecule has 0 aliphatic carbocycles. The second-order valence-corrected chi connectivity index (χ2v) is 8.33. The molecule has 2 heterocycles. The van der Waals surface area contributed by atoms with E-state index < -0.39 is 36.4 Å². The van der Waals surface area contributed by atoms with Gasteiger partial charge in [0.2, 0.25) is 0 Å². The van der Waals surface area contributed by atoms with Crippen LogP contribution in [0.3, 0.4) is 0 Å². The van der Waals surface area contributed by atoms with Crippen molar-refractivity contribution in [2.75, 3.05) is 0 Å². The third-order valence-corrected chi connectivity index (χ3v) is 5.40. The van der Waals surface area contributed by atoms with Crippen LogP contribution in [0.25, 0.3) is 17.1 Å². The van der Waals surface area contributed by atoms with E-state index in [4.69, 9.17) is 11.6 Å². The number of aromatic nitrogens is 6. The molecule has 2 N–H and O–H groups in total. The summed E-state index contributed by atoms with van der Waals surface area (Å²) in [5, 5.41) is 28.4. The van der Waals surface area contributed by atoms with E-state index in [1.165, 1.54) is 60.1 Å². The first-order chi connectivity index (χ1) is 16.9. The molecular formula is C22H19ClF4N6O3. The summed E-state index contributed by atoms with van der Waals surface area (Å²) in [6.07, 6.45) is -8.89. The van der Waals surface area contributed by atoms with Gasteiger partial charge in [-0.3, -0.25) is 4.57 Å². The molecule has 4 aromatic rings. The first-order valence-corrected chi connectivity index (χ1v) is 10.9. The van der Waals surface area contributed by atoms with Crippen molar-refractivity contribution in [2.45, 2.75) is 38.4 Å². The minimum Gasteiger partial charge on any atom is -0.385 e. The van der Waals surface area contributed by atoms with Crippen molar-refractivity contribution in [1.82, 2.24) is 29.1 Å². The van der Waals surface area contributed by atoms with Crippen LogP contribution in [0.5, 0.6) is 0 Å². The molecule has 0 saturated carbocycles. The average Bonchev–Trinajstić information content (AvgIpc) is 3.36. The number of hydrogen-bond acceptors (Lipinski definition) is 6. The molecule has 0 radical (unpaired) electrons. The summed E-state index contributed by atoms with van der Waals surface area (Å²) in [6.45, 7) is -0.0530. The minimum absolute atomic E-state index is 0.0130. The summed E-state index contributed by atoms with van der Waals surface area (Å²) >= 11 is 5.88. The standard InChI is InChI=1S/C22H19ClF4N6O3/c1-12(34)19-28-18(29-33(19)16-4-2-3-15(24)9-16)11-32-21(36)31(10-17(35)22(25,26)27)20(30-32)13-5-7-14(23)8-6-13/h2-9,12,17,34-35H,10-11H2,1H3/t12-,17-/m0/s1. The van der Waals surface area contributed by atoms with E-state index in [-0.39, 0.29) is 35.3 Å². The molecule has 2 aromatic heterocycles. The second-order valence-electron chi connectivity index (χ2n) is 7.89. The van der Waals surface area contributed by atoms with E-state index >= 15 is 0 Å². The number of alkyl halides is 3. The zero-order valence-electron chi connectivity index (χ0n) is 18.6. The minimum atomic E-state index is -4.96. The van der Waals surface area contributed by atoms with E-state index in [1.807, 2.05) is 0 Å². The predicted octanol–water partition coefficient (Wildman–Crippen LogP) is 3.11. The lowest BCUT2D eigenvalue weighted by atomic mass is 10.2. The molecule has 0 fully saturated rings. The predicted molar refractivity (Wildman–Crippen MR) is 120 cm³/mol. The van der Waals surface area contributed by atoms with Gasteiger partial charge in [0.25, 0.3) is 0 Å². The van der Waals surface area contributed by atoms with Gasteiger partial charge in [0.15, 0.2) is 23.6 Å². The molecule has 0 amide bonds. The lowest BCUT2D eigenvalue weighted by Crippen LogP contribution is -2.37. The SMILES string of the molecule is C[C@H](O)c1nc(Cn2nc(-c3ccc(Cl)cc3)n(C[C@H](O)C(F)(F)F)c2=O)nn1-c1cccc(F)c1. The van der Waals surface area contributed by atoms with Gasteiger partial charge in [-0.15, -0.1) is 10.2 Å². The number of aliphatic hydroxyl groups is 2. The third-order valence-electron chi connectivity index (χ3n) is 5.15. The van der Waals surface area contributed by atoms with Gasteiger partial charge in [0.05, 0.1) is 12.2 Å². The van der Waals surface area contributed by atoms with Crippen molar-refractivity contribution in [3.05, 3.63) is 81.5 Å². The molecule has 36 heavy (non-hydrogen) atoms. The van der Waals surface area contributed by atoms with Gasteiger partial charge in [-0.25, -0.2) is 23.5 Å². The van der Waals surface area contributed by atoms with Gasteiger partial charge in [-0.2, -0.15) is 13.2 Å². The van der Waals surface area contributed by atoms with Gasteiger partial charge in [0.1, 0.15) is 18.5 Å². The Morgan fingerprint density at radius 3 is 2.39 bits per heavy atom. The number of rotatable bonds is 7. The number of benzene rings is 2. The Labute approximate surface area is 205 Å². The van der Waals surface area contributed by atoms with Crippen LogP contribution in [0.1, 0.15) is 24.7 Å². The Balaban J connectivity index is 1.77. The molecular weight excluding hydrogens is 508 g/mol. The zero-order valence-corrected chi connectivity index (χ0v) is 19.3. The smallest absolute Gasteiger partial charge is 0.385 e. The Morgan fingerprint density at radius 2 is 1.78 bits per heavy atom. The Kier molecular flexibility index (Phi) is 6.98. The number of aliphatic hydroxyl groups excluding tert-OH is 2. The lowest BCUT2D eigenvalue weighted by molar-refractivity contribution is -0.207. The second kappa shape index (κ2) is 9.84. The lowest BCUT2D eigenvalue weighted by Gasteiger charge is -2.15. The van der Waals surface area contributed by atoms with E-state index in [2.05, 4.69) is 15.2 Å². The Hall–Kier alpha value is -3.55. The highest BCUT2D eigenvalue weighted by Crippen LogP contribution is 2.24. The number of hydrogen-bond donors (Lipinski definition) is 2. The molecule has 2 atom stereocenters. The molecule has 2 aromatic carbocycles. The molecule has 9 nitrogen and oxygen atoms in total. The van der Waals surface area contributed by atoms with Crippen molar-refractivity contribution < 1.29 is 27.8 Å². The molecule has 0 saturated heterocycles. The average molecular weight is 527 g/mol. The molecule has 0 bridgehead atoms. The molecule has 0 aliphatic heterocycles. The van der Waals surface area contributed by atoms with E-state index in [0.29, 0.717) is 9.59 Å². The van der Waals surface area contributed by atoms with Crippen molar-refractivity contribution in [2.24, 2.45) is 0 Å². The maximum absolute atomic E-state index is 13.7. The number of halogens is 5. The van der Waals surface area contributed by atoms with Crippen LogP contribution in [-0.4, -0.2) is 51.6 Å². The van der Waals surface area contributed by atoms with E-state index in [9.17, 15) is 32.6 Å². The molecule has 0 unspecified atom stereocenters. The summed E-state index contributed by atoms with van der Waals surface area (Å²) in [6, 6.07) is 11.2. The number of nitrogens with zero attached hydrogens (tertiary/aromatic N) is 6. The van der Waals surface area contributed by atoms with Gasteiger partial charge in [-0.05, 0) is 49.4 Å². The maximum Gasteiger partial charge on any atom is 0.416 e. The van der Waals surface area contributed by atoms with Crippen LogP contribution in [0.15, 0.2) is 53.3 Å². The first kappa shape index (κ1) is 25.5. The monoisotopic (exact) mass is 526 g/mol. The summed E-state index contributed by atoms with van der Waals surface area (Å²) in [5.41, 5.74) is -0.408. The van der Waals surface area contributed by atoms with Gasteiger partial charge in [-0.1, -0.05) is 17.7 Å². The zero-order chi connectivity index (χ0) is 26.2. The van der Waals surface area contributed by atoms with Gasteiger partial charge >= 0.3 is 11.9 Å². The summed E-state index contributed by atoms with van der Waals surface area (Å²) in [4.78, 5) is 17.2. The van der Waals surface area contributed by atoms with Crippen LogP contribution < -0.4 is 5.69 Å². The van der Waals surface area contributed by atoms with Crippen LogP contribution >= 0.6 is 11.6 Å².